The van der Waals surface area contributed by atoms with Crippen molar-refractivity contribution in [3.05, 3.63) is 85.2 Å². The molecule has 26 heavy (non-hydrogen) atoms. The average molecular weight is 339 g/mol. The summed E-state index contributed by atoms with van der Waals surface area (Å²) in [5.74, 6) is 1.44. The number of hydrogen-bond acceptors (Lipinski definition) is 5. The van der Waals surface area contributed by atoms with Crippen LogP contribution < -0.4 is 5.32 Å². The summed E-state index contributed by atoms with van der Waals surface area (Å²) in [6.45, 7) is 1.88. The van der Waals surface area contributed by atoms with E-state index in [0.29, 0.717) is 5.82 Å². The van der Waals surface area contributed by atoms with Crippen LogP contribution in [-0.2, 0) is 0 Å². The lowest BCUT2D eigenvalue weighted by Gasteiger charge is -2.09. The minimum atomic E-state index is 0.698. The van der Waals surface area contributed by atoms with Gasteiger partial charge in [-0.25, -0.2) is 9.97 Å². The number of pyridine rings is 2. The predicted molar refractivity (Wildman–Crippen MR) is 103 cm³/mol. The van der Waals surface area contributed by atoms with E-state index in [-0.39, 0.29) is 0 Å². The summed E-state index contributed by atoms with van der Waals surface area (Å²) in [6, 6.07) is 18.0. The van der Waals surface area contributed by atoms with Crippen LogP contribution in [0.2, 0.25) is 0 Å². The zero-order valence-corrected chi connectivity index (χ0v) is 14.3. The summed E-state index contributed by atoms with van der Waals surface area (Å²) in [5, 5.41) is 3.29. The second-order valence-electron chi connectivity index (χ2n) is 5.87. The Morgan fingerprint density at radius 2 is 1.50 bits per heavy atom. The number of rotatable bonds is 4. The van der Waals surface area contributed by atoms with E-state index in [2.05, 4.69) is 43.5 Å². The largest absolute Gasteiger partial charge is 0.340 e. The lowest BCUT2D eigenvalue weighted by atomic mass is 10.0. The Bertz CT molecular complexity index is 1020. The third-order valence-electron chi connectivity index (χ3n) is 3.93. The summed E-state index contributed by atoms with van der Waals surface area (Å²) in [5.41, 5.74) is 4.90. The Morgan fingerprint density at radius 3 is 2.31 bits per heavy atom. The number of benzene rings is 1. The Morgan fingerprint density at radius 1 is 0.731 bits per heavy atom. The Balaban J connectivity index is 1.70. The van der Waals surface area contributed by atoms with Crippen molar-refractivity contribution in [2.75, 3.05) is 5.32 Å². The highest BCUT2D eigenvalue weighted by molar-refractivity contribution is 5.71. The third-order valence-corrected chi connectivity index (χ3v) is 3.93. The molecule has 0 unspecified atom stereocenters. The van der Waals surface area contributed by atoms with Gasteiger partial charge in [0.2, 0.25) is 0 Å². The third kappa shape index (κ3) is 3.57. The molecule has 0 spiro atoms. The van der Waals surface area contributed by atoms with Crippen molar-refractivity contribution in [3.8, 4) is 22.4 Å². The molecule has 5 heteroatoms. The van der Waals surface area contributed by atoms with Gasteiger partial charge in [0.15, 0.2) is 0 Å². The van der Waals surface area contributed by atoms with Gasteiger partial charge < -0.3 is 5.32 Å². The van der Waals surface area contributed by atoms with Crippen LogP contribution in [0, 0.1) is 6.92 Å². The van der Waals surface area contributed by atoms with E-state index < -0.39 is 0 Å². The topological polar surface area (TPSA) is 63.6 Å². The molecule has 1 N–H and O–H groups in total. The van der Waals surface area contributed by atoms with Crippen molar-refractivity contribution in [2.24, 2.45) is 0 Å². The molecule has 3 heterocycles. The molecule has 0 atom stereocenters. The molecular formula is C21H17N5. The van der Waals surface area contributed by atoms with E-state index in [4.69, 9.17) is 0 Å². The first-order chi connectivity index (χ1) is 12.8. The van der Waals surface area contributed by atoms with Crippen LogP contribution in [0.4, 0.5) is 11.5 Å². The van der Waals surface area contributed by atoms with Crippen molar-refractivity contribution in [3.63, 3.8) is 0 Å². The lowest BCUT2D eigenvalue weighted by Crippen LogP contribution is -1.99. The van der Waals surface area contributed by atoms with Crippen LogP contribution in [0.1, 0.15) is 5.82 Å². The molecule has 0 aliphatic heterocycles. The summed E-state index contributed by atoms with van der Waals surface area (Å²) in [7, 11) is 0. The fourth-order valence-electron chi connectivity index (χ4n) is 2.73. The molecule has 4 rings (SSSR count). The molecule has 0 saturated heterocycles. The monoisotopic (exact) mass is 339 g/mol. The highest BCUT2D eigenvalue weighted by Gasteiger charge is 2.07. The van der Waals surface area contributed by atoms with Crippen LogP contribution in [0.15, 0.2) is 79.4 Å². The van der Waals surface area contributed by atoms with E-state index in [9.17, 15) is 0 Å². The average Bonchev–Trinajstić information content (AvgIpc) is 2.69. The zero-order valence-electron chi connectivity index (χ0n) is 14.3. The molecule has 0 aliphatic carbocycles. The first-order valence-electron chi connectivity index (χ1n) is 8.31. The molecule has 126 valence electrons. The Kier molecular flexibility index (Phi) is 4.35. The van der Waals surface area contributed by atoms with Gasteiger partial charge in [-0.1, -0.05) is 30.3 Å². The Hall–Kier alpha value is -3.60. The van der Waals surface area contributed by atoms with Crippen LogP contribution in [0.3, 0.4) is 0 Å². The summed E-state index contributed by atoms with van der Waals surface area (Å²) >= 11 is 0. The van der Waals surface area contributed by atoms with Crippen molar-refractivity contribution in [1.29, 1.82) is 0 Å². The maximum absolute atomic E-state index is 4.58. The molecule has 0 radical (unpaired) electrons. The number of hydrogen-bond donors (Lipinski definition) is 1. The molecule has 0 bridgehead atoms. The SMILES string of the molecule is Cc1nc(Nc2ccncc2)cc(-c2cncc(-c3ccccc3)c2)n1. The van der Waals surface area contributed by atoms with Crippen molar-refractivity contribution < 1.29 is 0 Å². The van der Waals surface area contributed by atoms with Crippen LogP contribution in [0.25, 0.3) is 22.4 Å². The molecule has 0 amide bonds. The van der Waals surface area contributed by atoms with Gasteiger partial charge >= 0.3 is 0 Å². The summed E-state index contributed by atoms with van der Waals surface area (Å²) in [4.78, 5) is 17.5. The maximum atomic E-state index is 4.58. The summed E-state index contributed by atoms with van der Waals surface area (Å²) < 4.78 is 0. The summed E-state index contributed by atoms with van der Waals surface area (Å²) in [6.07, 6.45) is 7.17. The van der Waals surface area contributed by atoms with E-state index in [1.165, 1.54) is 0 Å². The Labute approximate surface area is 151 Å². The fraction of sp³-hybridized carbons (Fsp3) is 0.0476. The number of nitrogens with zero attached hydrogens (tertiary/aromatic N) is 4. The predicted octanol–water partition coefficient (Wildman–Crippen LogP) is 4.65. The van der Waals surface area contributed by atoms with Crippen LogP contribution in [-0.4, -0.2) is 19.9 Å². The normalized spacial score (nSPS) is 10.5. The standard InChI is InChI=1S/C21H17N5/c1-15-24-20(12-21(25-15)26-19-7-9-22-10-8-19)18-11-17(13-23-14-18)16-5-3-2-4-6-16/h2-14H,1H3,(H,22,24,25,26). The molecule has 1 aromatic carbocycles. The van der Waals surface area contributed by atoms with Crippen molar-refractivity contribution in [2.45, 2.75) is 6.92 Å². The number of nitrogens with one attached hydrogen (secondary N) is 1. The number of anilines is 2. The quantitative estimate of drug-likeness (QED) is 0.586. The van der Waals surface area contributed by atoms with Gasteiger partial charge in [0.25, 0.3) is 0 Å². The molecule has 4 aromatic rings. The minimum absolute atomic E-state index is 0.698. The van der Waals surface area contributed by atoms with E-state index >= 15 is 0 Å². The second-order valence-corrected chi connectivity index (χ2v) is 5.87. The second kappa shape index (κ2) is 7.11. The van der Waals surface area contributed by atoms with Gasteiger partial charge in [-0.2, -0.15) is 0 Å². The molecule has 3 aromatic heterocycles. The minimum Gasteiger partial charge on any atom is -0.340 e. The van der Waals surface area contributed by atoms with Gasteiger partial charge in [0.1, 0.15) is 11.6 Å². The van der Waals surface area contributed by atoms with Crippen molar-refractivity contribution in [1.82, 2.24) is 19.9 Å². The highest BCUT2D eigenvalue weighted by atomic mass is 15.0. The number of aromatic nitrogens is 4. The van der Waals surface area contributed by atoms with Gasteiger partial charge in [0, 0.05) is 47.7 Å². The zero-order chi connectivity index (χ0) is 17.8. The first kappa shape index (κ1) is 15.9. The molecule has 0 fully saturated rings. The smallest absolute Gasteiger partial charge is 0.134 e. The van der Waals surface area contributed by atoms with Gasteiger partial charge in [0.05, 0.1) is 5.69 Å². The lowest BCUT2D eigenvalue weighted by molar-refractivity contribution is 1.06. The molecule has 0 saturated carbocycles. The van der Waals surface area contributed by atoms with E-state index in [1.807, 2.05) is 55.7 Å². The highest BCUT2D eigenvalue weighted by Crippen LogP contribution is 2.26. The maximum Gasteiger partial charge on any atom is 0.134 e. The van der Waals surface area contributed by atoms with Crippen LogP contribution >= 0.6 is 0 Å². The number of aryl methyl sites for hydroxylation is 1. The van der Waals surface area contributed by atoms with Gasteiger partial charge in [-0.15, -0.1) is 0 Å². The van der Waals surface area contributed by atoms with E-state index in [0.717, 1.165) is 33.9 Å². The molecule has 0 aliphatic rings. The van der Waals surface area contributed by atoms with Gasteiger partial charge in [-0.3, -0.25) is 9.97 Å². The van der Waals surface area contributed by atoms with E-state index in [1.54, 1.807) is 12.4 Å². The van der Waals surface area contributed by atoms with Crippen molar-refractivity contribution >= 4 is 11.5 Å². The van der Waals surface area contributed by atoms with Crippen LogP contribution in [0.5, 0.6) is 0 Å². The van der Waals surface area contributed by atoms with Gasteiger partial charge in [-0.05, 0) is 30.7 Å². The fourth-order valence-corrected chi connectivity index (χ4v) is 2.73. The molecular weight excluding hydrogens is 322 g/mol. The molecule has 5 nitrogen and oxygen atoms in total. The first-order valence-corrected chi connectivity index (χ1v) is 8.31.